The van der Waals surface area contributed by atoms with Crippen LogP contribution in [-0.2, 0) is 10.3 Å². The summed E-state index contributed by atoms with van der Waals surface area (Å²) in [5.41, 5.74) is 1.23. The molecule has 0 fully saturated rings. The number of rotatable bonds is 1. The Morgan fingerprint density at radius 2 is 2.17 bits per heavy atom. The first-order valence-corrected chi connectivity index (χ1v) is 6.17. The standard InChI is InChI=1S/C8H10O2STe/c1-6(12)7-2-4-8(5-3-7)11(9)10/h2-4,6,12H,5H2,1H3. The van der Waals surface area contributed by atoms with Gasteiger partial charge in [0, 0.05) is 0 Å². The Bertz CT molecular complexity index is 350. The Kier molecular flexibility index (Phi) is 3.57. The second kappa shape index (κ2) is 4.27. The molecule has 0 heterocycles. The average Bonchev–Trinajstić information content (AvgIpc) is 2.04. The third-order valence-corrected chi connectivity index (χ3v) is 3.28. The van der Waals surface area contributed by atoms with Crippen molar-refractivity contribution in [1.82, 2.24) is 0 Å². The van der Waals surface area contributed by atoms with Gasteiger partial charge in [-0.05, 0) is 0 Å². The molecule has 4 heteroatoms. The second-order valence-electron chi connectivity index (χ2n) is 2.62. The summed E-state index contributed by atoms with van der Waals surface area (Å²) in [7, 11) is -2.04. The van der Waals surface area contributed by atoms with Crippen LogP contribution in [0.15, 0.2) is 23.8 Å². The first kappa shape index (κ1) is 10.0. The Balaban J connectivity index is 2.89. The predicted molar refractivity (Wildman–Crippen MR) is 52.3 cm³/mol. The van der Waals surface area contributed by atoms with Crippen molar-refractivity contribution in [3.8, 4) is 0 Å². The zero-order chi connectivity index (χ0) is 9.14. The van der Waals surface area contributed by atoms with Gasteiger partial charge in [0.2, 0.25) is 0 Å². The van der Waals surface area contributed by atoms with Crippen molar-refractivity contribution >= 4 is 37.5 Å². The van der Waals surface area contributed by atoms with Crippen LogP contribution in [0.25, 0.3) is 0 Å². The monoisotopic (exact) mass is 300 g/mol. The van der Waals surface area contributed by atoms with Gasteiger partial charge >= 0.3 is 87.0 Å². The summed E-state index contributed by atoms with van der Waals surface area (Å²) in [6.07, 6.45) is 6.10. The fraction of sp³-hybridized carbons (Fsp3) is 0.375. The van der Waals surface area contributed by atoms with Crippen molar-refractivity contribution < 1.29 is 8.42 Å². The zero-order valence-electron chi connectivity index (χ0n) is 6.69. The van der Waals surface area contributed by atoms with E-state index in [-0.39, 0.29) is 0 Å². The van der Waals surface area contributed by atoms with Gasteiger partial charge in [-0.1, -0.05) is 0 Å². The number of allylic oxidation sites excluding steroid dienone is 4. The van der Waals surface area contributed by atoms with Gasteiger partial charge in [0.25, 0.3) is 0 Å². The Morgan fingerprint density at radius 3 is 2.50 bits per heavy atom. The molecule has 0 aromatic heterocycles. The molecule has 1 aliphatic carbocycles. The van der Waals surface area contributed by atoms with Gasteiger partial charge in [0.1, 0.15) is 0 Å². The molecule has 1 aliphatic rings. The van der Waals surface area contributed by atoms with Gasteiger partial charge in [0.15, 0.2) is 0 Å². The van der Waals surface area contributed by atoms with E-state index < -0.39 is 10.3 Å². The third-order valence-electron chi connectivity index (χ3n) is 1.70. The normalized spacial score (nSPS) is 18.8. The van der Waals surface area contributed by atoms with Crippen LogP contribution < -0.4 is 0 Å². The minimum atomic E-state index is -2.04. The van der Waals surface area contributed by atoms with E-state index in [9.17, 15) is 8.42 Å². The number of hydrogen-bond acceptors (Lipinski definition) is 2. The van der Waals surface area contributed by atoms with Crippen LogP contribution in [0.3, 0.4) is 0 Å². The summed E-state index contributed by atoms with van der Waals surface area (Å²) >= 11 is 1.74. The summed E-state index contributed by atoms with van der Waals surface area (Å²) in [6.45, 7) is 2.11. The first-order chi connectivity index (χ1) is 5.61. The molecule has 0 N–H and O–H groups in total. The van der Waals surface area contributed by atoms with Gasteiger partial charge in [0.05, 0.1) is 0 Å². The summed E-state index contributed by atoms with van der Waals surface area (Å²) in [5.74, 6) is 0. The van der Waals surface area contributed by atoms with Crippen LogP contribution in [0.2, 0.25) is 3.97 Å². The van der Waals surface area contributed by atoms with Crippen LogP contribution in [0.5, 0.6) is 0 Å². The molecule has 0 amide bonds. The molecule has 66 valence electrons. The second-order valence-corrected chi connectivity index (χ2v) is 5.82. The molecular weight excluding hydrogens is 288 g/mol. The third kappa shape index (κ3) is 2.48. The fourth-order valence-corrected chi connectivity index (χ4v) is 1.92. The van der Waals surface area contributed by atoms with Gasteiger partial charge in [-0.2, -0.15) is 0 Å². The predicted octanol–water partition coefficient (Wildman–Crippen LogP) is 0.633. The van der Waals surface area contributed by atoms with E-state index in [0.717, 1.165) is 0 Å². The van der Waals surface area contributed by atoms with Crippen molar-refractivity contribution in [1.29, 1.82) is 0 Å². The molecule has 1 atom stereocenters. The molecule has 0 spiro atoms. The zero-order valence-corrected chi connectivity index (χ0v) is 10.1. The molecule has 0 saturated carbocycles. The molecule has 1 unspecified atom stereocenters. The minimum absolute atomic E-state index is 0.477. The van der Waals surface area contributed by atoms with E-state index in [4.69, 9.17) is 0 Å². The SMILES string of the molecule is CC([TeH])C1=CCC(=S(=O)=O)C=C1. The van der Waals surface area contributed by atoms with Crippen molar-refractivity contribution in [2.45, 2.75) is 17.3 Å². The quantitative estimate of drug-likeness (QED) is 0.526. The van der Waals surface area contributed by atoms with Crippen molar-refractivity contribution in [3.63, 3.8) is 0 Å². The molecule has 12 heavy (non-hydrogen) atoms. The van der Waals surface area contributed by atoms with Crippen LogP contribution in [0.4, 0.5) is 0 Å². The van der Waals surface area contributed by atoms with Crippen LogP contribution in [-0.4, -0.2) is 35.6 Å². The molecule has 0 bridgehead atoms. The van der Waals surface area contributed by atoms with E-state index in [1.165, 1.54) is 5.57 Å². The Labute approximate surface area is 86.8 Å². The molecule has 0 saturated heterocycles. The topological polar surface area (TPSA) is 34.1 Å². The first-order valence-electron chi connectivity index (χ1n) is 3.62. The molecule has 0 radical (unpaired) electrons. The van der Waals surface area contributed by atoms with E-state index in [0.29, 0.717) is 15.3 Å². The average molecular weight is 298 g/mol. The fourth-order valence-electron chi connectivity index (χ4n) is 0.977. The van der Waals surface area contributed by atoms with E-state index in [1.807, 2.05) is 12.2 Å². The Hall–Kier alpha value is -0.0404. The molecule has 0 aromatic rings. The summed E-state index contributed by atoms with van der Waals surface area (Å²) < 4.78 is 21.6. The van der Waals surface area contributed by atoms with Crippen LogP contribution in [0, 0.1) is 0 Å². The number of hydrogen-bond donors (Lipinski definition) is 0. The van der Waals surface area contributed by atoms with Crippen LogP contribution >= 0.6 is 0 Å². The molecule has 0 aliphatic heterocycles. The molecule has 2 nitrogen and oxygen atoms in total. The summed E-state index contributed by atoms with van der Waals surface area (Å²) in [4.78, 5) is 0.477. The van der Waals surface area contributed by atoms with Gasteiger partial charge in [-0.25, -0.2) is 0 Å². The van der Waals surface area contributed by atoms with Gasteiger partial charge < -0.3 is 0 Å². The van der Waals surface area contributed by atoms with E-state index in [1.54, 1.807) is 28.4 Å². The van der Waals surface area contributed by atoms with Crippen molar-refractivity contribution in [2.24, 2.45) is 0 Å². The van der Waals surface area contributed by atoms with Gasteiger partial charge in [-0.3, -0.25) is 0 Å². The maximum atomic E-state index is 10.5. The summed E-state index contributed by atoms with van der Waals surface area (Å²) in [5, 5.41) is 0. The summed E-state index contributed by atoms with van der Waals surface area (Å²) in [6, 6.07) is 0. The molecule has 0 aromatic carbocycles. The van der Waals surface area contributed by atoms with Crippen molar-refractivity contribution in [2.75, 3.05) is 0 Å². The van der Waals surface area contributed by atoms with Gasteiger partial charge in [-0.15, -0.1) is 0 Å². The van der Waals surface area contributed by atoms with Crippen molar-refractivity contribution in [3.05, 3.63) is 23.8 Å². The van der Waals surface area contributed by atoms with Crippen LogP contribution in [0.1, 0.15) is 13.3 Å². The molecular formula is C8H10O2STe. The Morgan fingerprint density at radius 1 is 1.50 bits per heavy atom. The maximum absolute atomic E-state index is 10.5. The van der Waals surface area contributed by atoms with E-state index in [2.05, 4.69) is 6.92 Å². The van der Waals surface area contributed by atoms with E-state index >= 15 is 0 Å². The molecule has 1 rings (SSSR count).